The summed E-state index contributed by atoms with van der Waals surface area (Å²) in [4.78, 5) is 9.93. The van der Waals surface area contributed by atoms with Gasteiger partial charge in [-0.25, -0.2) is 0 Å². The molecule has 0 aromatic heterocycles. The predicted molar refractivity (Wildman–Crippen MR) is 142 cm³/mol. The van der Waals surface area contributed by atoms with Gasteiger partial charge in [0.2, 0.25) is 5.91 Å². The van der Waals surface area contributed by atoms with Crippen molar-refractivity contribution in [2.45, 2.75) is 132 Å². The summed E-state index contributed by atoms with van der Waals surface area (Å²) in [6, 6.07) is 0. The number of carbonyl (C=O) groups excluding carboxylic acids is 1. The minimum Gasteiger partial charge on any atom is -0.357 e. The van der Waals surface area contributed by atoms with Gasteiger partial charge < -0.3 is 5.32 Å². The first-order valence-corrected chi connectivity index (χ1v) is 14.9. The van der Waals surface area contributed by atoms with Crippen LogP contribution in [-0.2, 0) is 4.79 Å². The van der Waals surface area contributed by atoms with Gasteiger partial charge in [-0.15, -0.1) is 0 Å². The molecule has 0 aromatic rings. The second-order valence-corrected chi connectivity index (χ2v) is 13.3. The first-order valence-electron chi connectivity index (χ1n) is 14.9. The first kappa shape index (κ1) is 27.1. The van der Waals surface area contributed by atoms with E-state index in [1.807, 2.05) is 6.92 Å². The Bertz CT molecular complexity index is 630. The molecule has 0 aromatic carbocycles. The SMILES string of the molecule is CCC(C)CCC(C)C1CCC2C3CCC4CCCCC4(C)C3CCC12C.CCNC(C)=O. The molecule has 9 unspecified atom stereocenters. The van der Waals surface area contributed by atoms with Crippen molar-refractivity contribution in [2.75, 3.05) is 6.54 Å². The van der Waals surface area contributed by atoms with Crippen LogP contribution in [0.15, 0.2) is 0 Å². The van der Waals surface area contributed by atoms with Crippen LogP contribution in [0.3, 0.4) is 0 Å². The molecule has 2 nitrogen and oxygen atoms in total. The lowest BCUT2D eigenvalue weighted by Gasteiger charge is -2.61. The molecule has 4 rings (SSSR count). The van der Waals surface area contributed by atoms with Crippen molar-refractivity contribution in [3.63, 3.8) is 0 Å². The zero-order valence-corrected chi connectivity index (χ0v) is 23.3. The lowest BCUT2D eigenvalue weighted by atomic mass is 9.44. The van der Waals surface area contributed by atoms with Crippen LogP contribution in [0.4, 0.5) is 0 Å². The van der Waals surface area contributed by atoms with E-state index in [-0.39, 0.29) is 5.91 Å². The van der Waals surface area contributed by atoms with Gasteiger partial charge in [-0.3, -0.25) is 4.79 Å². The molecule has 4 saturated carbocycles. The zero-order valence-electron chi connectivity index (χ0n) is 23.3. The van der Waals surface area contributed by atoms with E-state index in [1.165, 1.54) is 39.0 Å². The molecule has 0 spiro atoms. The van der Waals surface area contributed by atoms with Crippen molar-refractivity contribution in [1.82, 2.24) is 5.32 Å². The van der Waals surface area contributed by atoms with E-state index in [0.717, 1.165) is 48.0 Å². The molecule has 4 fully saturated rings. The molecule has 4 aliphatic rings. The summed E-state index contributed by atoms with van der Waals surface area (Å²) < 4.78 is 0. The van der Waals surface area contributed by atoms with E-state index in [9.17, 15) is 4.79 Å². The minimum atomic E-state index is 0.0394. The van der Waals surface area contributed by atoms with E-state index in [1.54, 1.807) is 51.4 Å². The number of hydrogen-bond acceptors (Lipinski definition) is 1. The smallest absolute Gasteiger partial charge is 0.216 e. The van der Waals surface area contributed by atoms with Gasteiger partial charge in [0.1, 0.15) is 0 Å². The van der Waals surface area contributed by atoms with Gasteiger partial charge in [0.05, 0.1) is 0 Å². The second kappa shape index (κ2) is 11.5. The maximum Gasteiger partial charge on any atom is 0.216 e. The van der Waals surface area contributed by atoms with Gasteiger partial charge in [0.15, 0.2) is 0 Å². The van der Waals surface area contributed by atoms with Crippen molar-refractivity contribution in [3.8, 4) is 0 Å². The highest BCUT2D eigenvalue weighted by atomic mass is 16.1. The Morgan fingerprint density at radius 2 is 1.61 bits per heavy atom. The summed E-state index contributed by atoms with van der Waals surface area (Å²) in [5.74, 6) is 7.22. The number of fused-ring (bicyclic) bond motifs is 5. The fraction of sp³-hybridized carbons (Fsp3) is 0.968. The van der Waals surface area contributed by atoms with Crippen LogP contribution >= 0.6 is 0 Å². The molecule has 1 N–H and O–H groups in total. The monoisotopic (exact) mass is 459 g/mol. The summed E-state index contributed by atoms with van der Waals surface area (Å²) in [6.45, 7) is 17.1. The lowest BCUT2D eigenvalue weighted by Crippen LogP contribution is -2.53. The first-order chi connectivity index (χ1) is 15.7. The number of carbonyl (C=O) groups is 1. The number of amides is 1. The van der Waals surface area contributed by atoms with Crippen LogP contribution in [0.1, 0.15) is 132 Å². The Balaban J connectivity index is 0.000000454. The van der Waals surface area contributed by atoms with Crippen LogP contribution in [0.25, 0.3) is 0 Å². The molecule has 192 valence electrons. The van der Waals surface area contributed by atoms with Gasteiger partial charge >= 0.3 is 0 Å². The molecule has 0 aliphatic heterocycles. The summed E-state index contributed by atoms with van der Waals surface area (Å²) >= 11 is 0. The summed E-state index contributed by atoms with van der Waals surface area (Å²) in [7, 11) is 0. The van der Waals surface area contributed by atoms with Crippen LogP contribution < -0.4 is 5.32 Å². The van der Waals surface area contributed by atoms with Gasteiger partial charge in [-0.2, -0.15) is 0 Å². The fourth-order valence-electron chi connectivity index (χ4n) is 9.47. The Kier molecular flexibility index (Phi) is 9.41. The largest absolute Gasteiger partial charge is 0.357 e. The van der Waals surface area contributed by atoms with Crippen molar-refractivity contribution in [1.29, 1.82) is 0 Å². The molecule has 4 aliphatic carbocycles. The third-order valence-electron chi connectivity index (χ3n) is 11.6. The zero-order chi connectivity index (χ0) is 24.2. The number of hydrogen-bond donors (Lipinski definition) is 1. The highest BCUT2D eigenvalue weighted by Crippen LogP contribution is 2.68. The predicted octanol–water partition coefficient (Wildman–Crippen LogP) is 8.64. The Hall–Kier alpha value is -0.530. The van der Waals surface area contributed by atoms with Crippen LogP contribution in [0, 0.1) is 52.3 Å². The van der Waals surface area contributed by atoms with E-state index < -0.39 is 0 Å². The standard InChI is InChI=1S/C27H48.C4H9NO/c1-6-19(2)10-11-20(3)23-14-15-24-22-13-12-21-9-7-8-17-26(21,4)25(22)16-18-27(23,24)5;1-3-5-4(2)6/h19-25H,6-18H2,1-5H3;3H2,1-2H3,(H,5,6). The number of rotatable bonds is 6. The third kappa shape index (κ3) is 5.66. The van der Waals surface area contributed by atoms with E-state index in [0.29, 0.717) is 10.8 Å². The van der Waals surface area contributed by atoms with Gasteiger partial charge in [-0.05, 0) is 111 Å². The minimum absolute atomic E-state index is 0.0394. The lowest BCUT2D eigenvalue weighted by molar-refractivity contribution is -0.118. The maximum atomic E-state index is 9.93. The molecule has 0 radical (unpaired) electrons. The third-order valence-corrected chi connectivity index (χ3v) is 11.6. The average molecular weight is 460 g/mol. The molecule has 1 amide bonds. The molecular formula is C31H57NO. The summed E-state index contributed by atoms with van der Waals surface area (Å²) in [6.07, 6.45) is 19.8. The van der Waals surface area contributed by atoms with Gasteiger partial charge in [-0.1, -0.05) is 66.7 Å². The normalized spacial score (nSPS) is 41.5. The molecule has 0 bridgehead atoms. The summed E-state index contributed by atoms with van der Waals surface area (Å²) in [5.41, 5.74) is 1.39. The van der Waals surface area contributed by atoms with Crippen LogP contribution in [0.2, 0.25) is 0 Å². The molecule has 33 heavy (non-hydrogen) atoms. The molecule has 2 heteroatoms. The van der Waals surface area contributed by atoms with Crippen molar-refractivity contribution >= 4 is 5.91 Å². The molecular weight excluding hydrogens is 402 g/mol. The maximum absolute atomic E-state index is 9.93. The van der Waals surface area contributed by atoms with E-state index in [4.69, 9.17) is 0 Å². The van der Waals surface area contributed by atoms with E-state index >= 15 is 0 Å². The molecule has 0 saturated heterocycles. The highest BCUT2D eigenvalue weighted by Gasteiger charge is 2.60. The molecule has 9 atom stereocenters. The topological polar surface area (TPSA) is 29.1 Å². The molecule has 0 heterocycles. The fourth-order valence-corrected chi connectivity index (χ4v) is 9.47. The second-order valence-electron chi connectivity index (χ2n) is 13.3. The highest BCUT2D eigenvalue weighted by molar-refractivity contribution is 5.72. The van der Waals surface area contributed by atoms with Crippen molar-refractivity contribution < 1.29 is 4.79 Å². The van der Waals surface area contributed by atoms with Crippen molar-refractivity contribution in [3.05, 3.63) is 0 Å². The Morgan fingerprint density at radius 3 is 2.24 bits per heavy atom. The summed E-state index contributed by atoms with van der Waals surface area (Å²) in [5, 5.41) is 2.57. The van der Waals surface area contributed by atoms with Gasteiger partial charge in [0, 0.05) is 13.5 Å². The van der Waals surface area contributed by atoms with Crippen LogP contribution in [-0.4, -0.2) is 12.5 Å². The van der Waals surface area contributed by atoms with Crippen LogP contribution in [0.5, 0.6) is 0 Å². The Morgan fingerprint density at radius 1 is 0.879 bits per heavy atom. The average Bonchev–Trinajstić information content (AvgIpc) is 3.14. The van der Waals surface area contributed by atoms with E-state index in [2.05, 4.69) is 39.9 Å². The quantitative estimate of drug-likeness (QED) is 0.423. The van der Waals surface area contributed by atoms with Crippen molar-refractivity contribution in [2.24, 2.45) is 52.3 Å². The van der Waals surface area contributed by atoms with Gasteiger partial charge in [0.25, 0.3) is 0 Å². The number of nitrogens with one attached hydrogen (secondary N) is 1. The Labute approximate surface area is 206 Å².